The SMILES string of the molecule is C=CCC[C@H](c1cccc(OC(F)(F)F)c1O)N1CCNCC1.Cl.Cl. The Hall–Kier alpha value is -1.15. The molecule has 0 amide bonds. The number of para-hydroxylation sites is 1. The molecule has 1 fully saturated rings. The number of alkyl halides is 3. The van der Waals surface area contributed by atoms with Crippen molar-refractivity contribution in [3.05, 3.63) is 36.4 Å². The first-order valence-corrected chi connectivity index (χ1v) is 7.55. The lowest BCUT2D eigenvalue weighted by Crippen LogP contribution is -2.45. The molecule has 1 aliphatic heterocycles. The van der Waals surface area contributed by atoms with E-state index in [0.29, 0.717) is 18.4 Å². The highest BCUT2D eigenvalue weighted by Crippen LogP contribution is 2.40. The quantitative estimate of drug-likeness (QED) is 0.704. The number of hydrogen-bond donors (Lipinski definition) is 2. The van der Waals surface area contributed by atoms with Crippen molar-refractivity contribution in [2.24, 2.45) is 0 Å². The Kier molecular flexibility index (Phi) is 10.3. The van der Waals surface area contributed by atoms with Gasteiger partial charge in [0.15, 0.2) is 11.5 Å². The van der Waals surface area contributed by atoms with Crippen LogP contribution in [-0.2, 0) is 0 Å². The number of halogens is 5. The van der Waals surface area contributed by atoms with Crippen LogP contribution in [0.3, 0.4) is 0 Å². The molecule has 1 aliphatic rings. The number of rotatable bonds is 6. The van der Waals surface area contributed by atoms with Crippen LogP contribution in [-0.4, -0.2) is 42.5 Å². The first kappa shape index (κ1) is 23.9. The maximum absolute atomic E-state index is 12.4. The minimum atomic E-state index is -4.83. The number of piperazine rings is 1. The number of nitrogens with one attached hydrogen (secondary N) is 1. The average Bonchev–Trinajstić information content (AvgIpc) is 2.51. The van der Waals surface area contributed by atoms with Gasteiger partial charge in [-0.2, -0.15) is 0 Å². The van der Waals surface area contributed by atoms with Crippen molar-refractivity contribution in [2.45, 2.75) is 25.2 Å². The van der Waals surface area contributed by atoms with Gasteiger partial charge in [0, 0.05) is 37.8 Å². The smallest absolute Gasteiger partial charge is 0.504 e. The predicted octanol–water partition coefficient (Wildman–Crippen LogP) is 4.05. The molecule has 0 saturated carbocycles. The summed E-state index contributed by atoms with van der Waals surface area (Å²) in [7, 11) is 0. The molecule has 0 aromatic heterocycles. The van der Waals surface area contributed by atoms with E-state index in [1.807, 2.05) is 0 Å². The van der Waals surface area contributed by atoms with Crippen LogP contribution in [0.25, 0.3) is 0 Å². The van der Waals surface area contributed by atoms with Gasteiger partial charge in [-0.25, -0.2) is 0 Å². The molecule has 2 rings (SSSR count). The van der Waals surface area contributed by atoms with Gasteiger partial charge in [-0.15, -0.1) is 44.6 Å². The number of phenolic OH excluding ortho intramolecular Hbond substituents is 1. The summed E-state index contributed by atoms with van der Waals surface area (Å²) in [6, 6.07) is 4.06. The fourth-order valence-electron chi connectivity index (χ4n) is 2.82. The minimum Gasteiger partial charge on any atom is -0.504 e. The van der Waals surface area contributed by atoms with Gasteiger partial charge in [-0.05, 0) is 18.9 Å². The van der Waals surface area contributed by atoms with Crippen LogP contribution in [0.1, 0.15) is 24.4 Å². The largest absolute Gasteiger partial charge is 0.573 e. The van der Waals surface area contributed by atoms with E-state index in [1.54, 1.807) is 12.1 Å². The average molecular weight is 403 g/mol. The van der Waals surface area contributed by atoms with Crippen molar-refractivity contribution in [3.63, 3.8) is 0 Å². The molecule has 0 bridgehead atoms. The Balaban J connectivity index is 0.00000288. The third kappa shape index (κ3) is 6.93. The van der Waals surface area contributed by atoms with E-state index in [9.17, 15) is 18.3 Å². The molecule has 1 saturated heterocycles. The van der Waals surface area contributed by atoms with Gasteiger partial charge >= 0.3 is 6.36 Å². The molecule has 1 aromatic carbocycles. The first-order valence-electron chi connectivity index (χ1n) is 7.55. The van der Waals surface area contributed by atoms with E-state index in [2.05, 4.69) is 21.5 Å². The molecule has 0 unspecified atom stereocenters. The standard InChI is InChI=1S/C16H21F3N2O2.2ClH/c1-2-3-6-13(21-10-8-20-9-11-21)12-5-4-7-14(15(12)22)23-16(17,18)19;;/h2,4-5,7,13,20,22H,1,3,6,8-11H2;2*1H/t13-;;/m1../s1. The predicted molar refractivity (Wildman–Crippen MR) is 95.9 cm³/mol. The normalized spacial score (nSPS) is 16.3. The third-order valence-electron chi connectivity index (χ3n) is 3.85. The van der Waals surface area contributed by atoms with Gasteiger partial charge in [0.2, 0.25) is 0 Å². The van der Waals surface area contributed by atoms with Crippen molar-refractivity contribution < 1.29 is 23.0 Å². The Labute approximate surface area is 157 Å². The molecule has 25 heavy (non-hydrogen) atoms. The van der Waals surface area contributed by atoms with Gasteiger partial charge in [-0.1, -0.05) is 18.2 Å². The summed E-state index contributed by atoms with van der Waals surface area (Å²) in [5.41, 5.74) is 0.454. The lowest BCUT2D eigenvalue weighted by molar-refractivity contribution is -0.275. The van der Waals surface area contributed by atoms with Gasteiger partial charge in [0.1, 0.15) is 0 Å². The second-order valence-electron chi connectivity index (χ2n) is 5.41. The Morgan fingerprint density at radius 2 is 1.92 bits per heavy atom. The van der Waals surface area contributed by atoms with Crippen LogP contribution in [0.15, 0.2) is 30.9 Å². The summed E-state index contributed by atoms with van der Waals surface area (Å²) in [5.74, 6) is -1.01. The summed E-state index contributed by atoms with van der Waals surface area (Å²) in [6.45, 7) is 6.85. The second kappa shape index (κ2) is 10.8. The molecule has 0 spiro atoms. The highest BCUT2D eigenvalue weighted by atomic mass is 35.5. The van der Waals surface area contributed by atoms with Crippen molar-refractivity contribution >= 4 is 24.8 Å². The number of benzene rings is 1. The molecular weight excluding hydrogens is 380 g/mol. The zero-order chi connectivity index (χ0) is 16.9. The van der Waals surface area contributed by atoms with Gasteiger partial charge < -0.3 is 15.2 Å². The summed E-state index contributed by atoms with van der Waals surface area (Å²) in [6.07, 6.45) is -1.69. The Bertz CT molecular complexity index is 539. The van der Waals surface area contributed by atoms with E-state index >= 15 is 0 Å². The van der Waals surface area contributed by atoms with E-state index in [0.717, 1.165) is 32.2 Å². The molecule has 9 heteroatoms. The van der Waals surface area contributed by atoms with E-state index in [1.165, 1.54) is 6.07 Å². The highest BCUT2D eigenvalue weighted by molar-refractivity contribution is 5.85. The topological polar surface area (TPSA) is 44.7 Å². The third-order valence-corrected chi connectivity index (χ3v) is 3.85. The zero-order valence-electron chi connectivity index (χ0n) is 13.6. The molecule has 1 heterocycles. The molecule has 2 N–H and O–H groups in total. The number of hydrogen-bond acceptors (Lipinski definition) is 4. The summed E-state index contributed by atoms with van der Waals surface area (Å²) in [5, 5.41) is 13.5. The molecular formula is C16H23Cl2F3N2O2. The summed E-state index contributed by atoms with van der Waals surface area (Å²) in [4.78, 5) is 2.16. The molecule has 0 radical (unpaired) electrons. The van der Waals surface area contributed by atoms with E-state index in [-0.39, 0.29) is 30.9 Å². The van der Waals surface area contributed by atoms with Gasteiger partial charge in [0.25, 0.3) is 0 Å². The van der Waals surface area contributed by atoms with Crippen molar-refractivity contribution in [1.82, 2.24) is 10.2 Å². The van der Waals surface area contributed by atoms with Crippen LogP contribution in [0.4, 0.5) is 13.2 Å². The van der Waals surface area contributed by atoms with Crippen LogP contribution >= 0.6 is 24.8 Å². The van der Waals surface area contributed by atoms with Gasteiger partial charge in [0.05, 0.1) is 0 Å². The van der Waals surface area contributed by atoms with Crippen molar-refractivity contribution in [3.8, 4) is 11.5 Å². The number of ether oxygens (including phenoxy) is 1. The number of phenols is 1. The summed E-state index contributed by atoms with van der Waals surface area (Å²) < 4.78 is 41.3. The van der Waals surface area contributed by atoms with E-state index < -0.39 is 17.9 Å². The monoisotopic (exact) mass is 402 g/mol. The van der Waals surface area contributed by atoms with E-state index in [4.69, 9.17) is 0 Å². The maximum Gasteiger partial charge on any atom is 0.573 e. The second-order valence-corrected chi connectivity index (χ2v) is 5.41. The molecule has 1 atom stereocenters. The number of nitrogens with zero attached hydrogens (tertiary/aromatic N) is 1. The van der Waals surface area contributed by atoms with Crippen LogP contribution in [0.5, 0.6) is 11.5 Å². The zero-order valence-corrected chi connectivity index (χ0v) is 15.2. The fraction of sp³-hybridized carbons (Fsp3) is 0.500. The first-order chi connectivity index (χ1) is 10.9. The summed E-state index contributed by atoms with van der Waals surface area (Å²) >= 11 is 0. The minimum absolute atomic E-state index is 0. The fourth-order valence-corrected chi connectivity index (χ4v) is 2.82. The lowest BCUT2D eigenvalue weighted by atomic mass is 9.98. The van der Waals surface area contributed by atoms with Crippen LogP contribution in [0, 0.1) is 0 Å². The van der Waals surface area contributed by atoms with Crippen LogP contribution < -0.4 is 10.1 Å². The van der Waals surface area contributed by atoms with Gasteiger partial charge in [-0.3, -0.25) is 4.90 Å². The molecule has 4 nitrogen and oxygen atoms in total. The maximum atomic E-state index is 12.4. The molecule has 0 aliphatic carbocycles. The number of aromatic hydroxyl groups is 1. The Morgan fingerprint density at radius 1 is 1.28 bits per heavy atom. The van der Waals surface area contributed by atoms with Crippen molar-refractivity contribution in [2.75, 3.05) is 26.2 Å². The van der Waals surface area contributed by atoms with Crippen LogP contribution in [0.2, 0.25) is 0 Å². The molecule has 1 aromatic rings. The Morgan fingerprint density at radius 3 is 2.48 bits per heavy atom. The number of allylic oxidation sites excluding steroid dienone is 1. The highest BCUT2D eigenvalue weighted by Gasteiger charge is 2.33. The van der Waals surface area contributed by atoms with Crippen molar-refractivity contribution in [1.29, 1.82) is 0 Å². The molecule has 144 valence electrons. The lowest BCUT2D eigenvalue weighted by Gasteiger charge is -2.35.